The lowest BCUT2D eigenvalue weighted by molar-refractivity contribution is 0.659. The molecule has 0 aliphatic rings. The second-order valence-corrected chi connectivity index (χ2v) is 4.88. The molecule has 2 rings (SSSR count). The first-order chi connectivity index (χ1) is 10.3. The lowest BCUT2D eigenvalue weighted by atomic mass is 10.3. The highest BCUT2D eigenvalue weighted by Gasteiger charge is 2.08. The number of rotatable bonds is 8. The zero-order valence-corrected chi connectivity index (χ0v) is 12.8. The van der Waals surface area contributed by atoms with Gasteiger partial charge in [-0.05, 0) is 32.0 Å². The molecule has 2 aromatic rings. The van der Waals surface area contributed by atoms with Gasteiger partial charge in [-0.25, -0.2) is 4.98 Å². The first-order valence-electron chi connectivity index (χ1n) is 7.50. The van der Waals surface area contributed by atoms with Crippen molar-refractivity contribution in [2.24, 2.45) is 0 Å². The number of nitrogens with one attached hydrogen (secondary N) is 1. The minimum atomic E-state index is 0.748. The van der Waals surface area contributed by atoms with E-state index in [2.05, 4.69) is 39.0 Å². The molecule has 0 atom stereocenters. The summed E-state index contributed by atoms with van der Waals surface area (Å²) in [5.41, 5.74) is 2.01. The second kappa shape index (κ2) is 8.32. The van der Waals surface area contributed by atoms with E-state index in [1.165, 1.54) is 0 Å². The normalized spacial score (nSPS) is 10.6. The molecule has 0 saturated carbocycles. The highest BCUT2D eigenvalue weighted by atomic mass is 15.2. The molecule has 0 radical (unpaired) electrons. The largest absolute Gasteiger partial charge is 0.350 e. The van der Waals surface area contributed by atoms with Gasteiger partial charge in [0.25, 0.3) is 0 Å². The van der Waals surface area contributed by atoms with Crippen LogP contribution in [-0.2, 0) is 13.1 Å². The van der Waals surface area contributed by atoms with Gasteiger partial charge in [-0.3, -0.25) is 9.97 Å². The molecule has 5 heteroatoms. The molecule has 2 aromatic heterocycles. The van der Waals surface area contributed by atoms with E-state index in [1.807, 2.05) is 36.8 Å². The summed E-state index contributed by atoms with van der Waals surface area (Å²) in [4.78, 5) is 15.5. The van der Waals surface area contributed by atoms with Crippen molar-refractivity contribution in [2.45, 2.75) is 33.4 Å². The molecular weight excluding hydrogens is 262 g/mol. The van der Waals surface area contributed by atoms with Gasteiger partial charge in [-0.15, -0.1) is 0 Å². The van der Waals surface area contributed by atoms with Crippen LogP contribution in [0.15, 0.2) is 36.8 Å². The van der Waals surface area contributed by atoms with Crippen LogP contribution in [0.5, 0.6) is 0 Å². The van der Waals surface area contributed by atoms with Crippen LogP contribution in [0.4, 0.5) is 5.82 Å². The maximum atomic E-state index is 4.69. The van der Waals surface area contributed by atoms with Crippen molar-refractivity contribution < 1.29 is 0 Å². The molecule has 0 unspecified atom stereocenters. The summed E-state index contributed by atoms with van der Waals surface area (Å²) in [6.45, 7) is 7.65. The lowest BCUT2D eigenvalue weighted by Gasteiger charge is -2.21. The molecule has 2 heterocycles. The van der Waals surface area contributed by atoms with Gasteiger partial charge < -0.3 is 10.2 Å². The SMILES string of the molecule is CCCNCc1cncc(N(CC)Cc2ccccn2)n1. The Labute approximate surface area is 126 Å². The number of anilines is 1. The number of hydrogen-bond donors (Lipinski definition) is 1. The van der Waals surface area contributed by atoms with Gasteiger partial charge in [0.1, 0.15) is 5.82 Å². The Balaban J connectivity index is 2.05. The Hall–Kier alpha value is -2.01. The van der Waals surface area contributed by atoms with Gasteiger partial charge in [-0.2, -0.15) is 0 Å². The van der Waals surface area contributed by atoms with E-state index in [0.29, 0.717) is 0 Å². The van der Waals surface area contributed by atoms with E-state index in [1.54, 1.807) is 0 Å². The highest BCUT2D eigenvalue weighted by Crippen LogP contribution is 2.12. The van der Waals surface area contributed by atoms with E-state index >= 15 is 0 Å². The summed E-state index contributed by atoms with van der Waals surface area (Å²) in [6.07, 6.45) is 6.57. The summed E-state index contributed by atoms with van der Waals surface area (Å²) >= 11 is 0. The van der Waals surface area contributed by atoms with Crippen molar-refractivity contribution in [1.82, 2.24) is 20.3 Å². The van der Waals surface area contributed by atoms with Gasteiger partial charge in [0.2, 0.25) is 0 Å². The summed E-state index contributed by atoms with van der Waals surface area (Å²) in [6, 6.07) is 5.97. The molecule has 0 aromatic carbocycles. The Morgan fingerprint density at radius 3 is 2.76 bits per heavy atom. The molecule has 1 N–H and O–H groups in total. The Kier molecular flexibility index (Phi) is 6.09. The van der Waals surface area contributed by atoms with Crippen LogP contribution in [0.3, 0.4) is 0 Å². The van der Waals surface area contributed by atoms with Gasteiger partial charge in [-0.1, -0.05) is 13.0 Å². The van der Waals surface area contributed by atoms with Crippen LogP contribution in [0.2, 0.25) is 0 Å². The molecule has 112 valence electrons. The number of aromatic nitrogens is 3. The van der Waals surface area contributed by atoms with Crippen molar-refractivity contribution in [1.29, 1.82) is 0 Å². The Morgan fingerprint density at radius 2 is 2.05 bits per heavy atom. The molecule has 0 saturated heterocycles. The molecule has 0 spiro atoms. The quantitative estimate of drug-likeness (QED) is 0.755. The topological polar surface area (TPSA) is 53.9 Å². The van der Waals surface area contributed by atoms with Crippen molar-refractivity contribution in [3.05, 3.63) is 48.2 Å². The third-order valence-corrected chi connectivity index (χ3v) is 3.19. The zero-order valence-electron chi connectivity index (χ0n) is 12.8. The van der Waals surface area contributed by atoms with Crippen LogP contribution >= 0.6 is 0 Å². The molecular formula is C16H23N5. The fourth-order valence-electron chi connectivity index (χ4n) is 2.07. The minimum Gasteiger partial charge on any atom is -0.350 e. The number of pyridine rings is 1. The van der Waals surface area contributed by atoms with Crippen LogP contribution in [0.25, 0.3) is 0 Å². The first kappa shape index (κ1) is 15.4. The predicted octanol–water partition coefficient (Wildman–Crippen LogP) is 2.40. The Bertz CT molecular complexity index is 529. The summed E-state index contributed by atoms with van der Waals surface area (Å²) < 4.78 is 0. The minimum absolute atomic E-state index is 0.748. The smallest absolute Gasteiger partial charge is 0.147 e. The van der Waals surface area contributed by atoms with Crippen molar-refractivity contribution >= 4 is 5.82 Å². The van der Waals surface area contributed by atoms with Crippen LogP contribution in [0, 0.1) is 0 Å². The van der Waals surface area contributed by atoms with Crippen molar-refractivity contribution in [3.8, 4) is 0 Å². The highest BCUT2D eigenvalue weighted by molar-refractivity contribution is 5.36. The van der Waals surface area contributed by atoms with Crippen LogP contribution < -0.4 is 10.2 Å². The third kappa shape index (κ3) is 4.79. The molecule has 0 aliphatic carbocycles. The molecule has 21 heavy (non-hydrogen) atoms. The average molecular weight is 285 g/mol. The number of hydrogen-bond acceptors (Lipinski definition) is 5. The summed E-state index contributed by atoms with van der Waals surface area (Å²) in [5.74, 6) is 0.902. The number of nitrogens with zero attached hydrogens (tertiary/aromatic N) is 4. The van der Waals surface area contributed by atoms with Crippen molar-refractivity contribution in [2.75, 3.05) is 18.0 Å². The fraction of sp³-hybridized carbons (Fsp3) is 0.438. The molecule has 0 amide bonds. The zero-order chi connectivity index (χ0) is 14.9. The third-order valence-electron chi connectivity index (χ3n) is 3.19. The maximum Gasteiger partial charge on any atom is 0.147 e. The van der Waals surface area contributed by atoms with Gasteiger partial charge in [0.05, 0.1) is 24.1 Å². The molecule has 0 aliphatic heterocycles. The van der Waals surface area contributed by atoms with Crippen molar-refractivity contribution in [3.63, 3.8) is 0 Å². The van der Waals surface area contributed by atoms with E-state index in [-0.39, 0.29) is 0 Å². The molecule has 0 bridgehead atoms. The standard InChI is InChI=1S/C16H23N5/c1-3-8-17-10-15-11-18-12-16(20-15)21(4-2)13-14-7-5-6-9-19-14/h5-7,9,11-12,17H,3-4,8,10,13H2,1-2H3. The van der Waals surface area contributed by atoms with E-state index in [0.717, 1.165) is 49.8 Å². The molecule has 0 fully saturated rings. The Morgan fingerprint density at radius 1 is 1.14 bits per heavy atom. The monoisotopic (exact) mass is 285 g/mol. The van der Waals surface area contributed by atoms with Gasteiger partial charge >= 0.3 is 0 Å². The van der Waals surface area contributed by atoms with Gasteiger partial charge in [0, 0.05) is 25.5 Å². The van der Waals surface area contributed by atoms with E-state index < -0.39 is 0 Å². The van der Waals surface area contributed by atoms with Crippen LogP contribution in [-0.4, -0.2) is 28.0 Å². The van der Waals surface area contributed by atoms with E-state index in [4.69, 9.17) is 0 Å². The lowest BCUT2D eigenvalue weighted by Crippen LogP contribution is -2.24. The molecule has 5 nitrogen and oxygen atoms in total. The fourth-order valence-corrected chi connectivity index (χ4v) is 2.07. The average Bonchev–Trinajstić information content (AvgIpc) is 2.54. The second-order valence-electron chi connectivity index (χ2n) is 4.88. The summed E-state index contributed by atoms with van der Waals surface area (Å²) in [5, 5.41) is 3.35. The summed E-state index contributed by atoms with van der Waals surface area (Å²) in [7, 11) is 0. The van der Waals surface area contributed by atoms with Crippen LogP contribution in [0.1, 0.15) is 31.7 Å². The van der Waals surface area contributed by atoms with E-state index in [9.17, 15) is 0 Å². The predicted molar refractivity (Wildman–Crippen MR) is 85.0 cm³/mol. The maximum absolute atomic E-state index is 4.69. The van der Waals surface area contributed by atoms with Gasteiger partial charge in [0.15, 0.2) is 0 Å². The first-order valence-corrected chi connectivity index (χ1v) is 7.50.